The summed E-state index contributed by atoms with van der Waals surface area (Å²) < 4.78 is 10.8. The Labute approximate surface area is 176 Å². The van der Waals surface area contributed by atoms with E-state index >= 15 is 0 Å². The number of hydrogen-bond donors (Lipinski definition) is 0. The number of carbonyl (C=O) groups is 2. The molecular formula is C24H40NO4. The van der Waals surface area contributed by atoms with Crippen LogP contribution in [0.3, 0.4) is 0 Å². The zero-order valence-electron chi connectivity index (χ0n) is 18.9. The van der Waals surface area contributed by atoms with Crippen molar-refractivity contribution >= 4 is 11.9 Å². The lowest BCUT2D eigenvalue weighted by atomic mass is 9.40. The van der Waals surface area contributed by atoms with E-state index in [-0.39, 0.29) is 36.5 Å². The van der Waals surface area contributed by atoms with Crippen LogP contribution in [0.1, 0.15) is 71.6 Å². The predicted molar refractivity (Wildman–Crippen MR) is 113 cm³/mol. The zero-order valence-corrected chi connectivity index (χ0v) is 18.9. The Morgan fingerprint density at radius 2 is 1.59 bits per heavy atom. The van der Waals surface area contributed by atoms with Gasteiger partial charge in [0.2, 0.25) is 0 Å². The molecule has 0 amide bonds. The van der Waals surface area contributed by atoms with Crippen molar-refractivity contribution in [2.45, 2.75) is 71.6 Å². The maximum atomic E-state index is 12.6. The molecule has 4 saturated carbocycles. The van der Waals surface area contributed by atoms with Crippen molar-refractivity contribution in [2.24, 2.45) is 28.1 Å². The van der Waals surface area contributed by atoms with Gasteiger partial charge in [-0.25, -0.2) is 0 Å². The maximum Gasteiger partial charge on any atom is 0.306 e. The van der Waals surface area contributed by atoms with Crippen molar-refractivity contribution in [3.63, 3.8) is 0 Å². The summed E-state index contributed by atoms with van der Waals surface area (Å²) in [6, 6.07) is 0. The smallest absolute Gasteiger partial charge is 0.306 e. The highest BCUT2D eigenvalue weighted by molar-refractivity contribution is 5.70. The molecule has 5 nitrogen and oxygen atoms in total. The lowest BCUT2D eigenvalue weighted by molar-refractivity contribution is -0.169. The van der Waals surface area contributed by atoms with Crippen LogP contribution in [0.25, 0.3) is 0 Å². The third kappa shape index (κ3) is 5.96. The van der Waals surface area contributed by atoms with Crippen LogP contribution >= 0.6 is 0 Å². The molecule has 0 heterocycles. The topological polar surface area (TPSA) is 55.8 Å². The van der Waals surface area contributed by atoms with Crippen molar-refractivity contribution in [1.29, 1.82) is 0 Å². The van der Waals surface area contributed by atoms with Gasteiger partial charge in [-0.1, -0.05) is 13.8 Å². The van der Waals surface area contributed by atoms with Crippen LogP contribution in [0.2, 0.25) is 0 Å². The average Bonchev–Trinajstić information content (AvgIpc) is 2.54. The summed E-state index contributed by atoms with van der Waals surface area (Å²) in [5.41, 5.74) is 0.948. The molecule has 165 valence electrons. The summed E-state index contributed by atoms with van der Waals surface area (Å²) >= 11 is 0. The summed E-state index contributed by atoms with van der Waals surface area (Å²) in [5.74, 6) is 0.247. The lowest BCUT2D eigenvalue weighted by Crippen LogP contribution is -2.55. The standard InChI is InChI=1S/C24H40NO4/c1-18(13-28-20(26)7-6-8-25(4)5)14-29-21(27)12-24-11-19-9-22(2,16-24)15-23(3,10-19)17-24/h18-19H,1,6-17H2,2-5H3/t18?,19-,22-,23+,24?. The van der Waals surface area contributed by atoms with Gasteiger partial charge in [-0.3, -0.25) is 9.59 Å². The van der Waals surface area contributed by atoms with Crippen LogP contribution in [0.4, 0.5) is 0 Å². The molecule has 4 fully saturated rings. The molecule has 5 heteroatoms. The van der Waals surface area contributed by atoms with Gasteiger partial charge in [-0.15, -0.1) is 0 Å². The number of esters is 2. The van der Waals surface area contributed by atoms with Crippen molar-refractivity contribution in [2.75, 3.05) is 33.9 Å². The monoisotopic (exact) mass is 406 g/mol. The second kappa shape index (κ2) is 8.56. The molecule has 0 aromatic rings. The maximum absolute atomic E-state index is 12.6. The number of nitrogens with zero attached hydrogens (tertiary/aromatic N) is 1. The molecule has 0 aromatic heterocycles. The second-order valence-corrected chi connectivity index (χ2v) is 11.4. The first-order valence-corrected chi connectivity index (χ1v) is 11.3. The molecule has 0 saturated heterocycles. The largest absolute Gasteiger partial charge is 0.465 e. The van der Waals surface area contributed by atoms with Gasteiger partial charge in [0.25, 0.3) is 0 Å². The zero-order chi connectivity index (χ0) is 21.3. The summed E-state index contributed by atoms with van der Waals surface area (Å²) in [7, 11) is 3.96. The molecule has 29 heavy (non-hydrogen) atoms. The van der Waals surface area contributed by atoms with Crippen molar-refractivity contribution in [3.8, 4) is 0 Å². The highest BCUT2D eigenvalue weighted by Crippen LogP contribution is 2.70. The quantitative estimate of drug-likeness (QED) is 0.508. The van der Waals surface area contributed by atoms with E-state index in [2.05, 4.69) is 20.8 Å². The highest BCUT2D eigenvalue weighted by Gasteiger charge is 2.60. The molecule has 4 aliphatic rings. The minimum Gasteiger partial charge on any atom is -0.465 e. The Balaban J connectivity index is 1.38. The van der Waals surface area contributed by atoms with E-state index < -0.39 is 0 Å². The normalized spacial score (nSPS) is 36.3. The third-order valence-corrected chi connectivity index (χ3v) is 7.21. The van der Waals surface area contributed by atoms with Gasteiger partial charge < -0.3 is 14.4 Å². The van der Waals surface area contributed by atoms with Crippen LogP contribution in [0.5, 0.6) is 0 Å². The van der Waals surface area contributed by atoms with Gasteiger partial charge >= 0.3 is 11.9 Å². The fourth-order valence-corrected chi connectivity index (χ4v) is 7.32. The Morgan fingerprint density at radius 3 is 2.14 bits per heavy atom. The van der Waals surface area contributed by atoms with E-state index in [9.17, 15) is 9.59 Å². The van der Waals surface area contributed by atoms with E-state index in [1.807, 2.05) is 19.0 Å². The summed E-state index contributed by atoms with van der Waals surface area (Å²) in [5, 5.41) is 0. The molecule has 1 radical (unpaired) electrons. The van der Waals surface area contributed by atoms with E-state index in [0.717, 1.165) is 18.9 Å². The molecule has 0 spiro atoms. The first-order chi connectivity index (χ1) is 13.5. The van der Waals surface area contributed by atoms with Crippen molar-refractivity contribution < 1.29 is 19.1 Å². The first kappa shape index (κ1) is 22.6. The Hall–Kier alpha value is -1.10. The third-order valence-electron chi connectivity index (χ3n) is 7.21. The van der Waals surface area contributed by atoms with Crippen molar-refractivity contribution in [3.05, 3.63) is 6.92 Å². The van der Waals surface area contributed by atoms with Crippen LogP contribution in [0, 0.1) is 35.0 Å². The number of carbonyl (C=O) groups excluding carboxylic acids is 2. The molecule has 2 unspecified atom stereocenters. The first-order valence-electron chi connectivity index (χ1n) is 11.3. The van der Waals surface area contributed by atoms with E-state index in [1.165, 1.54) is 38.5 Å². The van der Waals surface area contributed by atoms with E-state index in [1.54, 1.807) is 0 Å². The minimum atomic E-state index is -0.219. The Kier molecular flexibility index (Phi) is 6.67. The van der Waals surface area contributed by atoms with Crippen LogP contribution < -0.4 is 0 Å². The Bertz CT molecular complexity index is 598. The van der Waals surface area contributed by atoms with Crippen molar-refractivity contribution in [1.82, 2.24) is 4.90 Å². The van der Waals surface area contributed by atoms with E-state index in [4.69, 9.17) is 9.47 Å². The fraction of sp³-hybridized carbons (Fsp3) is 0.875. The van der Waals surface area contributed by atoms with Gasteiger partial charge in [0, 0.05) is 12.3 Å². The van der Waals surface area contributed by atoms with Gasteiger partial charge in [0.05, 0.1) is 19.6 Å². The molecule has 4 aliphatic carbocycles. The average molecular weight is 407 g/mol. The molecule has 4 rings (SSSR count). The van der Waals surface area contributed by atoms with Gasteiger partial charge in [0.15, 0.2) is 0 Å². The summed E-state index contributed by atoms with van der Waals surface area (Å²) in [4.78, 5) is 26.4. The predicted octanol–water partition coefficient (Wildman–Crippen LogP) is 4.25. The van der Waals surface area contributed by atoms with Crippen LogP contribution in [0.15, 0.2) is 0 Å². The fourth-order valence-electron chi connectivity index (χ4n) is 7.32. The van der Waals surface area contributed by atoms with Crippen LogP contribution in [-0.2, 0) is 19.1 Å². The molecule has 0 N–H and O–H groups in total. The van der Waals surface area contributed by atoms with Crippen LogP contribution in [-0.4, -0.2) is 50.7 Å². The number of rotatable bonds is 10. The highest BCUT2D eigenvalue weighted by atomic mass is 16.5. The summed E-state index contributed by atoms with van der Waals surface area (Å²) in [6.45, 7) is 10.1. The Morgan fingerprint density at radius 1 is 1.00 bits per heavy atom. The van der Waals surface area contributed by atoms with Gasteiger partial charge in [-0.2, -0.15) is 0 Å². The van der Waals surface area contributed by atoms with E-state index in [0.29, 0.717) is 23.7 Å². The molecule has 4 bridgehead atoms. The molecule has 5 atom stereocenters. The van der Waals surface area contributed by atoms with Gasteiger partial charge in [0.1, 0.15) is 0 Å². The lowest BCUT2D eigenvalue weighted by Gasteiger charge is -2.65. The molecule has 0 aromatic carbocycles. The number of ether oxygens (including phenoxy) is 2. The molecule has 0 aliphatic heterocycles. The summed E-state index contributed by atoms with van der Waals surface area (Å²) in [6.07, 6.45) is 9.22. The minimum absolute atomic E-state index is 0.106. The SMILES string of the molecule is [CH2]C(COC(=O)CCCN(C)C)COC(=O)CC12C[C@@H]3C[C@@](C)(C1)C[C@](C)(C3)C2. The molecular weight excluding hydrogens is 366 g/mol. The van der Waals surface area contributed by atoms with Gasteiger partial charge in [-0.05, 0) is 94.7 Å². The second-order valence-electron chi connectivity index (χ2n) is 11.4. The number of hydrogen-bond acceptors (Lipinski definition) is 5.